The SMILES string of the molecule is CC(C)(C)[C@@H]1CCc2c(sc(NC(=O)c3ccc4c(c3)OCO4)c2C(=O)Nc2ccc(Cl)cc2)C1. The van der Waals surface area contributed by atoms with E-state index in [-0.39, 0.29) is 24.0 Å². The maximum absolute atomic E-state index is 13.5. The van der Waals surface area contributed by atoms with Crippen LogP contribution in [-0.4, -0.2) is 18.6 Å². The fourth-order valence-electron chi connectivity index (χ4n) is 4.59. The van der Waals surface area contributed by atoms with Crippen LogP contribution in [0.25, 0.3) is 0 Å². The number of ether oxygens (including phenoxy) is 2. The Morgan fingerprint density at radius 3 is 2.49 bits per heavy atom. The Morgan fingerprint density at radius 2 is 1.74 bits per heavy atom. The molecule has 0 unspecified atom stereocenters. The number of anilines is 2. The summed E-state index contributed by atoms with van der Waals surface area (Å²) >= 11 is 7.50. The van der Waals surface area contributed by atoms with Crippen LogP contribution in [0.1, 0.15) is 58.3 Å². The molecular weight excluding hydrogens is 484 g/mol. The molecule has 3 aromatic rings. The minimum Gasteiger partial charge on any atom is -0.454 e. The Morgan fingerprint density at radius 1 is 1.00 bits per heavy atom. The van der Waals surface area contributed by atoms with Gasteiger partial charge in [0.1, 0.15) is 5.00 Å². The van der Waals surface area contributed by atoms with Crippen LogP contribution in [0, 0.1) is 11.3 Å². The number of thiophene rings is 1. The Bertz CT molecular complexity index is 1290. The number of rotatable bonds is 4. The molecule has 0 saturated carbocycles. The van der Waals surface area contributed by atoms with E-state index < -0.39 is 0 Å². The summed E-state index contributed by atoms with van der Waals surface area (Å²) in [6, 6.07) is 12.1. The number of fused-ring (bicyclic) bond motifs is 2. The quantitative estimate of drug-likeness (QED) is 0.405. The molecule has 1 aromatic heterocycles. The molecule has 2 aliphatic rings. The standard InChI is InChI=1S/C27H27ClN2O4S/c1-27(2,3)16-5-10-19-22(13-16)35-26(23(19)25(32)29-18-8-6-17(28)7-9-18)30-24(31)15-4-11-20-21(12-15)34-14-33-20/h4,6-9,11-12,16H,5,10,13-14H2,1-3H3,(H,29,32)(H,30,31)/t16-/m1/s1. The monoisotopic (exact) mass is 510 g/mol. The fraction of sp³-hybridized carbons (Fsp3) is 0.333. The lowest BCUT2D eigenvalue weighted by Gasteiger charge is -2.33. The number of benzene rings is 2. The van der Waals surface area contributed by atoms with Gasteiger partial charge in [0.2, 0.25) is 6.79 Å². The summed E-state index contributed by atoms with van der Waals surface area (Å²) < 4.78 is 10.8. The van der Waals surface area contributed by atoms with Gasteiger partial charge in [-0.05, 0) is 78.6 Å². The first kappa shape index (κ1) is 23.7. The first-order valence-electron chi connectivity index (χ1n) is 11.6. The van der Waals surface area contributed by atoms with Crippen LogP contribution in [0.5, 0.6) is 11.5 Å². The van der Waals surface area contributed by atoms with E-state index in [1.807, 2.05) is 0 Å². The van der Waals surface area contributed by atoms with Crippen LogP contribution >= 0.6 is 22.9 Å². The molecule has 2 amide bonds. The Kier molecular flexibility index (Phi) is 6.23. The summed E-state index contributed by atoms with van der Waals surface area (Å²) in [7, 11) is 0. The average molecular weight is 511 g/mol. The summed E-state index contributed by atoms with van der Waals surface area (Å²) in [4.78, 5) is 27.8. The molecule has 2 heterocycles. The van der Waals surface area contributed by atoms with Crippen LogP contribution in [0.3, 0.4) is 0 Å². The number of hydrogen-bond donors (Lipinski definition) is 2. The number of nitrogens with one attached hydrogen (secondary N) is 2. The van der Waals surface area contributed by atoms with Gasteiger partial charge in [-0.3, -0.25) is 9.59 Å². The molecule has 8 heteroatoms. The number of hydrogen-bond acceptors (Lipinski definition) is 5. The normalized spacial score (nSPS) is 16.5. The van der Waals surface area contributed by atoms with Crippen molar-refractivity contribution < 1.29 is 19.1 Å². The summed E-state index contributed by atoms with van der Waals surface area (Å²) in [5, 5.41) is 7.14. The highest BCUT2D eigenvalue weighted by atomic mass is 35.5. The van der Waals surface area contributed by atoms with Crippen molar-refractivity contribution in [1.29, 1.82) is 0 Å². The Balaban J connectivity index is 1.47. The van der Waals surface area contributed by atoms with Crippen molar-refractivity contribution in [1.82, 2.24) is 0 Å². The van der Waals surface area contributed by atoms with Crippen LogP contribution < -0.4 is 20.1 Å². The van der Waals surface area contributed by atoms with Gasteiger partial charge < -0.3 is 20.1 Å². The first-order valence-corrected chi connectivity index (χ1v) is 12.8. The van der Waals surface area contributed by atoms with Gasteiger partial charge in [0.25, 0.3) is 11.8 Å². The first-order chi connectivity index (χ1) is 16.7. The molecule has 0 bridgehead atoms. The molecule has 5 rings (SSSR count). The third kappa shape index (κ3) is 4.88. The third-order valence-electron chi connectivity index (χ3n) is 6.68. The molecular formula is C27H27ClN2O4S. The predicted octanol–water partition coefficient (Wildman–Crippen LogP) is 6.79. The molecule has 0 radical (unpaired) electrons. The van der Waals surface area contributed by atoms with Gasteiger partial charge >= 0.3 is 0 Å². The summed E-state index contributed by atoms with van der Waals surface area (Å²) in [5.41, 5.74) is 2.83. The highest BCUT2D eigenvalue weighted by Gasteiger charge is 2.34. The second kappa shape index (κ2) is 9.21. The van der Waals surface area contributed by atoms with Crippen LogP contribution in [0.15, 0.2) is 42.5 Å². The van der Waals surface area contributed by atoms with Gasteiger partial charge in [-0.15, -0.1) is 11.3 Å². The van der Waals surface area contributed by atoms with E-state index in [0.717, 1.165) is 24.8 Å². The van der Waals surface area contributed by atoms with Crippen molar-refractivity contribution in [3.8, 4) is 11.5 Å². The van der Waals surface area contributed by atoms with Gasteiger partial charge in [-0.25, -0.2) is 0 Å². The van der Waals surface area contributed by atoms with E-state index in [1.54, 1.807) is 42.5 Å². The summed E-state index contributed by atoms with van der Waals surface area (Å²) in [6.45, 7) is 6.91. The minimum absolute atomic E-state index is 0.141. The van der Waals surface area contributed by atoms with Crippen LogP contribution in [-0.2, 0) is 12.8 Å². The molecule has 0 saturated heterocycles. The van der Waals surface area contributed by atoms with Crippen molar-refractivity contribution in [3.63, 3.8) is 0 Å². The lowest BCUT2D eigenvalue weighted by Crippen LogP contribution is -2.27. The number of carbonyl (C=O) groups excluding carboxylic acids is 2. The van der Waals surface area contributed by atoms with E-state index in [9.17, 15) is 9.59 Å². The van der Waals surface area contributed by atoms with E-state index in [4.69, 9.17) is 21.1 Å². The lowest BCUT2D eigenvalue weighted by molar-refractivity contribution is 0.102. The van der Waals surface area contributed by atoms with E-state index in [2.05, 4.69) is 31.4 Å². The van der Waals surface area contributed by atoms with Gasteiger partial charge in [-0.2, -0.15) is 0 Å². The Labute approximate surface area is 213 Å². The van der Waals surface area contributed by atoms with Crippen molar-refractivity contribution in [2.45, 2.75) is 40.0 Å². The lowest BCUT2D eigenvalue weighted by atomic mass is 9.72. The molecule has 35 heavy (non-hydrogen) atoms. The average Bonchev–Trinajstić information content (AvgIpc) is 3.43. The van der Waals surface area contributed by atoms with Crippen LogP contribution in [0.2, 0.25) is 5.02 Å². The molecule has 1 atom stereocenters. The fourth-order valence-corrected chi connectivity index (χ4v) is 6.04. The maximum Gasteiger partial charge on any atom is 0.258 e. The van der Waals surface area contributed by atoms with Crippen LogP contribution in [0.4, 0.5) is 10.7 Å². The largest absolute Gasteiger partial charge is 0.454 e. The zero-order valence-corrected chi connectivity index (χ0v) is 21.4. The molecule has 0 fully saturated rings. The van der Waals surface area contributed by atoms with Crippen molar-refractivity contribution in [2.75, 3.05) is 17.4 Å². The predicted molar refractivity (Wildman–Crippen MR) is 139 cm³/mol. The number of halogens is 1. The van der Waals surface area contributed by atoms with Crippen molar-refractivity contribution >= 4 is 45.4 Å². The van der Waals surface area contributed by atoms with E-state index in [0.29, 0.717) is 44.3 Å². The van der Waals surface area contributed by atoms with Gasteiger partial charge in [0.05, 0.1) is 5.56 Å². The van der Waals surface area contributed by atoms with Crippen molar-refractivity contribution in [3.05, 3.63) is 69.1 Å². The second-order valence-electron chi connectivity index (χ2n) is 10.00. The molecule has 1 aliphatic carbocycles. The van der Waals surface area contributed by atoms with Gasteiger partial charge in [0, 0.05) is 21.2 Å². The zero-order chi connectivity index (χ0) is 24.7. The van der Waals surface area contributed by atoms with Gasteiger partial charge in [0.15, 0.2) is 11.5 Å². The topological polar surface area (TPSA) is 76.7 Å². The zero-order valence-electron chi connectivity index (χ0n) is 19.9. The van der Waals surface area contributed by atoms with E-state index in [1.165, 1.54) is 16.2 Å². The van der Waals surface area contributed by atoms with Gasteiger partial charge in [-0.1, -0.05) is 32.4 Å². The van der Waals surface area contributed by atoms with E-state index >= 15 is 0 Å². The molecule has 0 spiro atoms. The number of amides is 2. The summed E-state index contributed by atoms with van der Waals surface area (Å²) in [6.07, 6.45) is 2.70. The van der Waals surface area contributed by atoms with Crippen molar-refractivity contribution in [2.24, 2.45) is 11.3 Å². The summed E-state index contributed by atoms with van der Waals surface area (Å²) in [5.74, 6) is 1.13. The molecule has 182 valence electrons. The number of carbonyl (C=O) groups is 2. The smallest absolute Gasteiger partial charge is 0.258 e. The molecule has 6 nitrogen and oxygen atoms in total. The molecule has 2 N–H and O–H groups in total. The minimum atomic E-state index is -0.296. The maximum atomic E-state index is 13.5. The Hall–Kier alpha value is -3.03. The molecule has 1 aliphatic heterocycles. The second-order valence-corrected chi connectivity index (χ2v) is 11.5. The highest BCUT2D eigenvalue weighted by Crippen LogP contribution is 2.44. The molecule has 2 aromatic carbocycles. The highest BCUT2D eigenvalue weighted by molar-refractivity contribution is 7.17. The third-order valence-corrected chi connectivity index (χ3v) is 8.10.